The lowest BCUT2D eigenvalue weighted by molar-refractivity contribution is 0.102. The van der Waals surface area contributed by atoms with Crippen molar-refractivity contribution in [3.63, 3.8) is 0 Å². The van der Waals surface area contributed by atoms with Crippen molar-refractivity contribution in [2.45, 2.75) is 26.8 Å². The molecule has 0 bridgehead atoms. The van der Waals surface area contributed by atoms with Crippen LogP contribution in [0.3, 0.4) is 0 Å². The van der Waals surface area contributed by atoms with Gasteiger partial charge >= 0.3 is 0 Å². The monoisotopic (exact) mass is 276 g/mol. The topological polar surface area (TPSA) is 44.1 Å². The lowest BCUT2D eigenvalue weighted by atomic mass is 10.1. The first-order valence-corrected chi connectivity index (χ1v) is 6.55. The summed E-state index contributed by atoms with van der Waals surface area (Å²) < 4.78 is 20.2. The number of carbonyl (C=O) groups is 1. The Kier molecular flexibility index (Phi) is 4.17. The molecule has 5 heteroatoms. The predicted octanol–water partition coefficient (Wildman–Crippen LogP) is 2.84. The molecule has 0 N–H and O–H groups in total. The van der Waals surface area contributed by atoms with Gasteiger partial charge < -0.3 is 4.74 Å². The van der Waals surface area contributed by atoms with Crippen LogP contribution in [-0.4, -0.2) is 22.7 Å². The summed E-state index contributed by atoms with van der Waals surface area (Å²) in [6.45, 7) is 4.49. The molecule has 0 spiro atoms. The van der Waals surface area contributed by atoms with E-state index in [4.69, 9.17) is 4.74 Å². The Balaban J connectivity index is 2.40. The Morgan fingerprint density at radius 3 is 2.65 bits per heavy atom. The number of carbonyl (C=O) groups excluding carboxylic acids is 1. The van der Waals surface area contributed by atoms with Gasteiger partial charge in [-0.25, -0.2) is 4.39 Å². The summed E-state index contributed by atoms with van der Waals surface area (Å²) in [5.74, 6) is -0.656. The molecule has 0 fully saturated rings. The molecule has 0 radical (unpaired) electrons. The second-order valence-corrected chi connectivity index (χ2v) is 4.37. The zero-order valence-corrected chi connectivity index (χ0v) is 11.8. The zero-order chi connectivity index (χ0) is 14.7. The normalized spacial score (nSPS) is 10.6. The van der Waals surface area contributed by atoms with Crippen LogP contribution in [0.2, 0.25) is 0 Å². The number of methoxy groups -OCH3 is 1. The number of hydrogen-bond acceptors (Lipinski definition) is 3. The van der Waals surface area contributed by atoms with Crippen LogP contribution in [0.4, 0.5) is 4.39 Å². The van der Waals surface area contributed by atoms with Gasteiger partial charge in [0.25, 0.3) is 0 Å². The van der Waals surface area contributed by atoms with Gasteiger partial charge in [0.05, 0.1) is 12.8 Å². The van der Waals surface area contributed by atoms with E-state index in [1.165, 1.54) is 19.2 Å². The first-order valence-electron chi connectivity index (χ1n) is 6.55. The number of benzene rings is 1. The largest absolute Gasteiger partial charge is 0.494 e. The molecule has 4 nitrogen and oxygen atoms in total. The number of ketones is 1. The summed E-state index contributed by atoms with van der Waals surface area (Å²) in [5, 5.41) is 4.33. The second-order valence-electron chi connectivity index (χ2n) is 4.37. The van der Waals surface area contributed by atoms with E-state index in [0.717, 1.165) is 12.1 Å². The fourth-order valence-corrected chi connectivity index (χ4v) is 2.02. The van der Waals surface area contributed by atoms with Crippen LogP contribution in [0.1, 0.15) is 35.6 Å². The number of ether oxygens (including phenoxy) is 1. The molecule has 0 atom stereocenters. The Labute approximate surface area is 117 Å². The lowest BCUT2D eigenvalue weighted by Crippen LogP contribution is -2.10. The number of aryl methyl sites for hydroxylation is 2. The Morgan fingerprint density at radius 1 is 1.35 bits per heavy atom. The quantitative estimate of drug-likeness (QED) is 0.789. The van der Waals surface area contributed by atoms with Crippen molar-refractivity contribution < 1.29 is 13.9 Å². The van der Waals surface area contributed by atoms with Crippen molar-refractivity contribution in [2.24, 2.45) is 0 Å². The zero-order valence-electron chi connectivity index (χ0n) is 11.8. The first kappa shape index (κ1) is 14.2. The van der Waals surface area contributed by atoms with Gasteiger partial charge in [0.2, 0.25) is 5.78 Å². The average molecular weight is 276 g/mol. The minimum atomic E-state index is -0.545. The van der Waals surface area contributed by atoms with E-state index in [9.17, 15) is 9.18 Å². The van der Waals surface area contributed by atoms with E-state index in [2.05, 4.69) is 5.10 Å². The third kappa shape index (κ3) is 2.57. The highest BCUT2D eigenvalue weighted by Gasteiger charge is 2.17. The summed E-state index contributed by atoms with van der Waals surface area (Å²) in [7, 11) is 1.39. The highest BCUT2D eigenvalue weighted by Crippen LogP contribution is 2.20. The predicted molar refractivity (Wildman–Crippen MR) is 73.7 cm³/mol. The molecule has 1 aromatic carbocycles. The number of hydrogen-bond donors (Lipinski definition) is 0. The number of rotatable bonds is 5. The van der Waals surface area contributed by atoms with Crippen LogP contribution in [-0.2, 0) is 13.0 Å². The molecule has 0 saturated heterocycles. The van der Waals surface area contributed by atoms with Gasteiger partial charge in [-0.3, -0.25) is 9.48 Å². The Hall–Kier alpha value is -2.17. The van der Waals surface area contributed by atoms with Crippen LogP contribution in [0.25, 0.3) is 0 Å². The molecule has 20 heavy (non-hydrogen) atoms. The van der Waals surface area contributed by atoms with Crippen molar-refractivity contribution in [1.82, 2.24) is 9.78 Å². The van der Waals surface area contributed by atoms with Gasteiger partial charge in [0, 0.05) is 12.1 Å². The van der Waals surface area contributed by atoms with Gasteiger partial charge in [0.15, 0.2) is 11.6 Å². The molecular formula is C15H17FN2O2. The summed E-state index contributed by atoms with van der Waals surface area (Å²) in [4.78, 5) is 12.4. The minimum absolute atomic E-state index is 0.125. The van der Waals surface area contributed by atoms with E-state index in [1.54, 1.807) is 16.8 Å². The van der Waals surface area contributed by atoms with Crippen molar-refractivity contribution in [3.8, 4) is 5.75 Å². The van der Waals surface area contributed by atoms with Crippen LogP contribution in [0.15, 0.2) is 24.3 Å². The Morgan fingerprint density at radius 2 is 2.10 bits per heavy atom. The molecule has 0 aliphatic heterocycles. The van der Waals surface area contributed by atoms with Crippen molar-refractivity contribution in [3.05, 3.63) is 47.0 Å². The van der Waals surface area contributed by atoms with Gasteiger partial charge in [0.1, 0.15) is 5.69 Å². The maximum absolute atomic E-state index is 13.7. The maximum atomic E-state index is 13.7. The van der Waals surface area contributed by atoms with E-state index in [0.29, 0.717) is 17.8 Å². The lowest BCUT2D eigenvalue weighted by Gasteiger charge is -2.06. The maximum Gasteiger partial charge on any atom is 0.211 e. The minimum Gasteiger partial charge on any atom is -0.494 e. The van der Waals surface area contributed by atoms with E-state index in [1.807, 2.05) is 13.8 Å². The van der Waals surface area contributed by atoms with Gasteiger partial charge in [-0.1, -0.05) is 6.92 Å². The average Bonchev–Trinajstić information content (AvgIpc) is 2.89. The molecule has 2 rings (SSSR count). The highest BCUT2D eigenvalue weighted by molar-refractivity contribution is 6.08. The first-order chi connectivity index (χ1) is 9.60. The van der Waals surface area contributed by atoms with Crippen LogP contribution in [0, 0.1) is 5.82 Å². The van der Waals surface area contributed by atoms with Crippen LogP contribution < -0.4 is 4.74 Å². The molecule has 0 unspecified atom stereocenters. The van der Waals surface area contributed by atoms with E-state index < -0.39 is 5.82 Å². The fraction of sp³-hybridized carbons (Fsp3) is 0.333. The molecule has 0 saturated carbocycles. The molecule has 1 heterocycles. The third-order valence-corrected chi connectivity index (χ3v) is 3.14. The van der Waals surface area contributed by atoms with Crippen molar-refractivity contribution in [1.29, 1.82) is 0 Å². The van der Waals surface area contributed by atoms with Crippen molar-refractivity contribution in [2.75, 3.05) is 7.11 Å². The molecule has 106 valence electrons. The molecule has 0 aliphatic carbocycles. The molecule has 1 aromatic heterocycles. The van der Waals surface area contributed by atoms with E-state index in [-0.39, 0.29) is 11.5 Å². The molecule has 0 aliphatic rings. The molecule has 2 aromatic rings. The summed E-state index contributed by atoms with van der Waals surface area (Å²) in [6, 6.07) is 5.96. The summed E-state index contributed by atoms with van der Waals surface area (Å²) >= 11 is 0. The van der Waals surface area contributed by atoms with Crippen LogP contribution >= 0.6 is 0 Å². The van der Waals surface area contributed by atoms with Gasteiger partial charge in [-0.15, -0.1) is 0 Å². The fourth-order valence-electron chi connectivity index (χ4n) is 2.02. The van der Waals surface area contributed by atoms with Crippen LogP contribution in [0.5, 0.6) is 5.75 Å². The SMILES string of the molecule is CCc1cc(C(=O)c2ccc(OC)c(F)c2)n(CC)n1. The van der Waals surface area contributed by atoms with Gasteiger partial charge in [-0.2, -0.15) is 5.10 Å². The standard InChI is InChI=1S/C15H17FN2O2/c1-4-11-9-13(18(5-2)17-11)15(19)10-6-7-14(20-3)12(16)8-10/h6-9H,4-5H2,1-3H3. The third-order valence-electron chi connectivity index (χ3n) is 3.14. The van der Waals surface area contributed by atoms with Crippen molar-refractivity contribution >= 4 is 5.78 Å². The molecular weight excluding hydrogens is 259 g/mol. The molecule has 0 amide bonds. The number of aromatic nitrogens is 2. The number of nitrogens with zero attached hydrogens (tertiary/aromatic N) is 2. The van der Waals surface area contributed by atoms with E-state index >= 15 is 0 Å². The Bertz CT molecular complexity index is 635. The number of halogens is 1. The smallest absolute Gasteiger partial charge is 0.211 e. The van der Waals surface area contributed by atoms with Gasteiger partial charge in [-0.05, 0) is 37.6 Å². The second kappa shape index (κ2) is 5.86. The summed E-state index contributed by atoms with van der Waals surface area (Å²) in [5.41, 5.74) is 1.62. The highest BCUT2D eigenvalue weighted by atomic mass is 19.1. The summed E-state index contributed by atoms with van der Waals surface area (Å²) in [6.07, 6.45) is 0.754.